The molecule has 1 aromatic rings. The lowest BCUT2D eigenvalue weighted by Crippen LogP contribution is -2.32. The number of urea groups is 1. The first kappa shape index (κ1) is 8.87. The average molecular weight is 192 g/mol. The molecular formula is C10H12N2O2. The predicted octanol–water partition coefficient (Wildman–Crippen LogP) is 1.31. The van der Waals surface area contributed by atoms with Gasteiger partial charge in [-0.3, -0.25) is 4.90 Å². The molecule has 2 amide bonds. The van der Waals surface area contributed by atoms with Crippen molar-refractivity contribution in [3.05, 3.63) is 24.3 Å². The highest BCUT2D eigenvalue weighted by molar-refractivity contribution is 5.94. The minimum Gasteiger partial charge on any atom is -0.508 e. The van der Waals surface area contributed by atoms with Gasteiger partial charge in [-0.2, -0.15) is 0 Å². The SMILES string of the molecule is CC1CNC(=O)N1c1ccc(O)cc1. The molecule has 1 atom stereocenters. The minimum atomic E-state index is -0.0804. The van der Waals surface area contributed by atoms with Crippen LogP contribution in [0.3, 0.4) is 0 Å². The van der Waals surface area contributed by atoms with Gasteiger partial charge < -0.3 is 10.4 Å². The number of amides is 2. The van der Waals surface area contributed by atoms with E-state index in [1.54, 1.807) is 29.2 Å². The molecule has 0 aromatic heterocycles. The molecule has 1 aliphatic rings. The smallest absolute Gasteiger partial charge is 0.322 e. The highest BCUT2D eigenvalue weighted by atomic mass is 16.3. The number of carbonyl (C=O) groups excluding carboxylic acids is 1. The summed E-state index contributed by atoms with van der Waals surface area (Å²) in [7, 11) is 0. The van der Waals surface area contributed by atoms with Gasteiger partial charge in [-0.25, -0.2) is 4.79 Å². The third-order valence-corrected chi connectivity index (χ3v) is 2.34. The predicted molar refractivity (Wildman–Crippen MR) is 53.4 cm³/mol. The minimum absolute atomic E-state index is 0.0804. The second-order valence-corrected chi connectivity index (χ2v) is 3.42. The molecule has 1 heterocycles. The molecule has 0 bridgehead atoms. The lowest BCUT2D eigenvalue weighted by atomic mass is 10.2. The van der Waals surface area contributed by atoms with Crippen LogP contribution >= 0.6 is 0 Å². The van der Waals surface area contributed by atoms with E-state index in [4.69, 9.17) is 5.11 Å². The molecule has 1 saturated heterocycles. The summed E-state index contributed by atoms with van der Waals surface area (Å²) in [5.74, 6) is 0.209. The van der Waals surface area contributed by atoms with Crippen molar-refractivity contribution in [1.82, 2.24) is 5.32 Å². The molecule has 2 rings (SSSR count). The number of phenols is 1. The van der Waals surface area contributed by atoms with Crippen LogP contribution < -0.4 is 10.2 Å². The van der Waals surface area contributed by atoms with E-state index >= 15 is 0 Å². The van der Waals surface area contributed by atoms with Crippen LogP contribution in [0.4, 0.5) is 10.5 Å². The zero-order valence-corrected chi connectivity index (χ0v) is 7.90. The van der Waals surface area contributed by atoms with E-state index in [0.29, 0.717) is 6.54 Å². The zero-order valence-electron chi connectivity index (χ0n) is 7.90. The van der Waals surface area contributed by atoms with Gasteiger partial charge in [-0.05, 0) is 31.2 Å². The fourth-order valence-electron chi connectivity index (χ4n) is 1.60. The third-order valence-electron chi connectivity index (χ3n) is 2.34. The molecule has 0 radical (unpaired) electrons. The Kier molecular flexibility index (Phi) is 2.04. The summed E-state index contributed by atoms with van der Waals surface area (Å²) in [6.07, 6.45) is 0. The van der Waals surface area contributed by atoms with Crippen molar-refractivity contribution in [2.24, 2.45) is 0 Å². The first-order valence-electron chi connectivity index (χ1n) is 4.54. The van der Waals surface area contributed by atoms with Crippen molar-refractivity contribution >= 4 is 11.7 Å². The van der Waals surface area contributed by atoms with Crippen LogP contribution in [0.25, 0.3) is 0 Å². The van der Waals surface area contributed by atoms with Crippen LogP contribution in [0.15, 0.2) is 24.3 Å². The van der Waals surface area contributed by atoms with Crippen LogP contribution in [0, 0.1) is 0 Å². The number of phenolic OH excluding ortho intramolecular Hbond substituents is 1. The number of carbonyl (C=O) groups is 1. The quantitative estimate of drug-likeness (QED) is 0.704. The number of aromatic hydroxyl groups is 1. The van der Waals surface area contributed by atoms with E-state index in [0.717, 1.165) is 5.69 Å². The summed E-state index contributed by atoms with van der Waals surface area (Å²) in [6.45, 7) is 2.64. The third kappa shape index (κ3) is 1.39. The van der Waals surface area contributed by atoms with E-state index in [9.17, 15) is 4.79 Å². The van der Waals surface area contributed by atoms with Crippen LogP contribution in [0.1, 0.15) is 6.92 Å². The summed E-state index contributed by atoms with van der Waals surface area (Å²) in [5, 5.41) is 11.9. The Bertz CT molecular complexity index is 348. The van der Waals surface area contributed by atoms with E-state index < -0.39 is 0 Å². The molecule has 1 fully saturated rings. The highest BCUT2D eigenvalue weighted by Gasteiger charge is 2.28. The van der Waals surface area contributed by atoms with Crippen molar-refractivity contribution in [2.75, 3.05) is 11.4 Å². The van der Waals surface area contributed by atoms with Gasteiger partial charge in [-0.1, -0.05) is 0 Å². The number of nitrogens with one attached hydrogen (secondary N) is 1. The van der Waals surface area contributed by atoms with E-state index in [2.05, 4.69) is 5.32 Å². The van der Waals surface area contributed by atoms with Crippen molar-refractivity contribution < 1.29 is 9.90 Å². The summed E-state index contributed by atoms with van der Waals surface area (Å²) in [5.41, 5.74) is 0.810. The summed E-state index contributed by atoms with van der Waals surface area (Å²) in [6, 6.07) is 6.70. The Morgan fingerprint density at radius 1 is 1.43 bits per heavy atom. The molecule has 4 nitrogen and oxygen atoms in total. The standard InChI is InChI=1S/C10H12N2O2/c1-7-6-11-10(14)12(7)8-2-4-9(13)5-3-8/h2-5,7,13H,6H2,1H3,(H,11,14). The monoisotopic (exact) mass is 192 g/mol. The molecule has 2 N–H and O–H groups in total. The molecule has 1 aromatic carbocycles. The topological polar surface area (TPSA) is 52.6 Å². The van der Waals surface area contributed by atoms with Crippen molar-refractivity contribution in [2.45, 2.75) is 13.0 Å². The molecule has 1 unspecified atom stereocenters. The Morgan fingerprint density at radius 2 is 2.07 bits per heavy atom. The zero-order chi connectivity index (χ0) is 10.1. The average Bonchev–Trinajstić information content (AvgIpc) is 2.49. The fraction of sp³-hybridized carbons (Fsp3) is 0.300. The molecular weight excluding hydrogens is 180 g/mol. The Balaban J connectivity index is 2.30. The van der Waals surface area contributed by atoms with Crippen molar-refractivity contribution in [3.63, 3.8) is 0 Å². The van der Waals surface area contributed by atoms with E-state index in [1.807, 2.05) is 6.92 Å². The Hall–Kier alpha value is -1.71. The first-order chi connectivity index (χ1) is 6.68. The molecule has 0 saturated carbocycles. The summed E-state index contributed by atoms with van der Waals surface area (Å²) in [4.78, 5) is 13.1. The van der Waals surface area contributed by atoms with Crippen molar-refractivity contribution in [1.29, 1.82) is 0 Å². The first-order valence-corrected chi connectivity index (χ1v) is 4.54. The number of nitrogens with zero attached hydrogens (tertiary/aromatic N) is 1. The number of anilines is 1. The molecule has 4 heteroatoms. The molecule has 0 aliphatic carbocycles. The molecule has 0 spiro atoms. The van der Waals surface area contributed by atoms with Crippen molar-refractivity contribution in [3.8, 4) is 5.75 Å². The van der Waals surface area contributed by atoms with Crippen LogP contribution in [0.5, 0.6) is 5.75 Å². The van der Waals surface area contributed by atoms with Gasteiger partial charge in [0, 0.05) is 12.2 Å². The second-order valence-electron chi connectivity index (χ2n) is 3.42. The largest absolute Gasteiger partial charge is 0.508 e. The van der Waals surface area contributed by atoms with E-state index in [1.165, 1.54) is 0 Å². The van der Waals surface area contributed by atoms with Gasteiger partial charge in [0.2, 0.25) is 0 Å². The number of hydrogen-bond donors (Lipinski definition) is 2. The summed E-state index contributed by atoms with van der Waals surface area (Å²) < 4.78 is 0. The normalized spacial score (nSPS) is 21.1. The Morgan fingerprint density at radius 3 is 2.57 bits per heavy atom. The van der Waals surface area contributed by atoms with Gasteiger partial charge in [-0.15, -0.1) is 0 Å². The van der Waals surface area contributed by atoms with Crippen LogP contribution in [-0.2, 0) is 0 Å². The second kappa shape index (κ2) is 3.21. The maximum atomic E-state index is 11.4. The lowest BCUT2D eigenvalue weighted by molar-refractivity contribution is 0.252. The number of benzene rings is 1. The van der Waals surface area contributed by atoms with Gasteiger partial charge in [0.05, 0.1) is 6.04 Å². The number of hydrogen-bond acceptors (Lipinski definition) is 2. The van der Waals surface area contributed by atoms with Gasteiger partial charge in [0.25, 0.3) is 0 Å². The summed E-state index contributed by atoms with van der Waals surface area (Å²) >= 11 is 0. The van der Waals surface area contributed by atoms with Gasteiger partial charge >= 0.3 is 6.03 Å². The Labute approximate surface area is 82.2 Å². The maximum Gasteiger partial charge on any atom is 0.322 e. The van der Waals surface area contributed by atoms with Crippen LogP contribution in [-0.4, -0.2) is 23.7 Å². The highest BCUT2D eigenvalue weighted by Crippen LogP contribution is 2.22. The molecule has 74 valence electrons. The number of rotatable bonds is 1. The fourth-order valence-corrected chi connectivity index (χ4v) is 1.60. The van der Waals surface area contributed by atoms with Crippen LogP contribution in [0.2, 0.25) is 0 Å². The lowest BCUT2D eigenvalue weighted by Gasteiger charge is -2.19. The maximum absolute atomic E-state index is 11.4. The van der Waals surface area contributed by atoms with Gasteiger partial charge in [0.15, 0.2) is 0 Å². The van der Waals surface area contributed by atoms with Gasteiger partial charge in [0.1, 0.15) is 5.75 Å². The molecule has 1 aliphatic heterocycles. The van der Waals surface area contributed by atoms with E-state index in [-0.39, 0.29) is 17.8 Å². The molecule has 14 heavy (non-hydrogen) atoms.